The van der Waals surface area contributed by atoms with E-state index >= 15 is 0 Å². The lowest BCUT2D eigenvalue weighted by Crippen LogP contribution is -2.21. The van der Waals surface area contributed by atoms with E-state index in [0.717, 1.165) is 42.9 Å². The molecule has 2 aromatic rings. The van der Waals surface area contributed by atoms with Gasteiger partial charge in [0.05, 0.1) is 18.9 Å². The molecule has 0 atom stereocenters. The summed E-state index contributed by atoms with van der Waals surface area (Å²) in [5, 5.41) is 0. The fraction of sp³-hybridized carbons (Fsp3) is 0.353. The molecule has 0 aliphatic carbocycles. The summed E-state index contributed by atoms with van der Waals surface area (Å²) in [5.41, 5.74) is 5.32. The largest absolute Gasteiger partial charge is 0.376 e. The minimum atomic E-state index is 0.751. The number of halogens is 1. The predicted molar refractivity (Wildman–Crippen MR) is 86.9 cm³/mol. The molecule has 2 heterocycles. The Bertz CT molecular complexity index is 613. The van der Waals surface area contributed by atoms with Crippen LogP contribution in [0.2, 0.25) is 0 Å². The van der Waals surface area contributed by atoms with Crippen LogP contribution in [0.1, 0.15) is 22.4 Å². The third-order valence-corrected chi connectivity index (χ3v) is 4.25. The monoisotopic (exact) mass is 346 g/mol. The molecule has 3 nitrogen and oxygen atoms in total. The van der Waals surface area contributed by atoms with Crippen molar-refractivity contribution in [2.24, 2.45) is 0 Å². The molecule has 0 saturated carbocycles. The summed E-state index contributed by atoms with van der Waals surface area (Å²) in [6.07, 6.45) is 2.88. The van der Waals surface area contributed by atoms with Gasteiger partial charge in [-0.2, -0.15) is 0 Å². The Labute approximate surface area is 134 Å². The fourth-order valence-corrected chi connectivity index (χ4v) is 3.01. The summed E-state index contributed by atoms with van der Waals surface area (Å²) in [6, 6.07) is 10.6. The first-order valence-electron chi connectivity index (χ1n) is 7.19. The molecule has 4 heteroatoms. The Morgan fingerprint density at radius 3 is 2.95 bits per heavy atom. The summed E-state index contributed by atoms with van der Waals surface area (Å²) in [7, 11) is 2.14. The van der Waals surface area contributed by atoms with E-state index in [1.807, 2.05) is 12.3 Å². The Morgan fingerprint density at radius 1 is 1.24 bits per heavy atom. The molecule has 0 saturated heterocycles. The lowest BCUT2D eigenvalue weighted by Gasteiger charge is -2.23. The highest BCUT2D eigenvalue weighted by atomic mass is 79.9. The van der Waals surface area contributed by atoms with Crippen LogP contribution in [0.3, 0.4) is 0 Å². The molecule has 0 N–H and O–H groups in total. The fourth-order valence-electron chi connectivity index (χ4n) is 2.77. The van der Waals surface area contributed by atoms with Crippen LogP contribution in [0, 0.1) is 0 Å². The molecule has 0 radical (unpaired) electrons. The summed E-state index contributed by atoms with van der Waals surface area (Å²) in [5.74, 6) is 0. The Hall–Kier alpha value is -1.23. The maximum Gasteiger partial charge on any atom is 0.0719 e. The molecule has 1 aromatic carbocycles. The van der Waals surface area contributed by atoms with E-state index in [0.29, 0.717) is 0 Å². The number of rotatable bonds is 4. The number of ether oxygens (including phenoxy) is 1. The van der Waals surface area contributed by atoms with Crippen LogP contribution in [0.4, 0.5) is 0 Å². The van der Waals surface area contributed by atoms with E-state index in [4.69, 9.17) is 4.74 Å². The zero-order valence-electron chi connectivity index (χ0n) is 12.2. The van der Waals surface area contributed by atoms with Crippen LogP contribution < -0.4 is 0 Å². The minimum Gasteiger partial charge on any atom is -0.376 e. The SMILES string of the molecule is CN(Cc1ccc(Br)cn1)Cc1cccc2c1CCOC2. The quantitative estimate of drug-likeness (QED) is 0.846. The van der Waals surface area contributed by atoms with Crippen LogP contribution in [0.25, 0.3) is 0 Å². The summed E-state index contributed by atoms with van der Waals surface area (Å²) >= 11 is 3.42. The number of pyridine rings is 1. The first-order valence-corrected chi connectivity index (χ1v) is 7.98. The first-order chi connectivity index (χ1) is 10.2. The van der Waals surface area contributed by atoms with Crippen LogP contribution >= 0.6 is 15.9 Å². The molecule has 0 amide bonds. The molecule has 3 rings (SSSR count). The third kappa shape index (κ3) is 3.70. The van der Waals surface area contributed by atoms with Crippen LogP contribution in [0.15, 0.2) is 41.0 Å². The van der Waals surface area contributed by atoms with Gasteiger partial charge in [-0.3, -0.25) is 9.88 Å². The van der Waals surface area contributed by atoms with Crippen LogP contribution in [0.5, 0.6) is 0 Å². The van der Waals surface area contributed by atoms with Gasteiger partial charge < -0.3 is 4.74 Å². The van der Waals surface area contributed by atoms with Gasteiger partial charge in [-0.05, 0) is 58.2 Å². The van der Waals surface area contributed by atoms with Crippen LogP contribution in [-0.4, -0.2) is 23.5 Å². The summed E-state index contributed by atoms with van der Waals surface area (Å²) < 4.78 is 6.55. The average molecular weight is 347 g/mol. The lowest BCUT2D eigenvalue weighted by atomic mass is 9.97. The van der Waals surface area contributed by atoms with Crippen molar-refractivity contribution in [3.63, 3.8) is 0 Å². The van der Waals surface area contributed by atoms with Gasteiger partial charge in [-0.1, -0.05) is 18.2 Å². The highest BCUT2D eigenvalue weighted by Gasteiger charge is 2.14. The second-order valence-electron chi connectivity index (χ2n) is 5.50. The van der Waals surface area contributed by atoms with E-state index in [2.05, 4.69) is 57.1 Å². The minimum absolute atomic E-state index is 0.751. The number of hydrogen-bond donors (Lipinski definition) is 0. The number of hydrogen-bond acceptors (Lipinski definition) is 3. The molecular formula is C17H19BrN2O. The predicted octanol–water partition coefficient (Wildman–Crippen LogP) is 3.55. The lowest BCUT2D eigenvalue weighted by molar-refractivity contribution is 0.110. The van der Waals surface area contributed by atoms with Gasteiger partial charge in [-0.25, -0.2) is 0 Å². The van der Waals surface area contributed by atoms with Crippen molar-refractivity contribution in [2.75, 3.05) is 13.7 Å². The smallest absolute Gasteiger partial charge is 0.0719 e. The highest BCUT2D eigenvalue weighted by molar-refractivity contribution is 9.10. The Morgan fingerprint density at radius 2 is 2.14 bits per heavy atom. The van der Waals surface area contributed by atoms with E-state index < -0.39 is 0 Å². The van der Waals surface area contributed by atoms with Gasteiger partial charge in [0.1, 0.15) is 0 Å². The van der Waals surface area contributed by atoms with Crippen molar-refractivity contribution in [3.8, 4) is 0 Å². The molecule has 21 heavy (non-hydrogen) atoms. The first kappa shape index (κ1) is 14.7. The maximum absolute atomic E-state index is 5.53. The van der Waals surface area contributed by atoms with Crippen molar-refractivity contribution < 1.29 is 4.74 Å². The van der Waals surface area contributed by atoms with Gasteiger partial charge in [0, 0.05) is 23.8 Å². The molecular weight excluding hydrogens is 328 g/mol. The molecule has 1 aliphatic rings. The standard InChI is InChI=1S/C17H19BrN2O/c1-20(11-16-6-5-15(18)9-19-16)10-13-3-2-4-14-12-21-8-7-17(13)14/h2-6,9H,7-8,10-12H2,1H3. The normalized spacial score (nSPS) is 14.2. The van der Waals surface area contributed by atoms with Gasteiger partial charge in [0.25, 0.3) is 0 Å². The Balaban J connectivity index is 1.70. The number of nitrogens with zero attached hydrogens (tertiary/aromatic N) is 2. The topological polar surface area (TPSA) is 25.4 Å². The molecule has 1 aliphatic heterocycles. The molecule has 0 fully saturated rings. The van der Waals surface area contributed by atoms with E-state index in [1.165, 1.54) is 16.7 Å². The third-order valence-electron chi connectivity index (χ3n) is 3.78. The average Bonchev–Trinajstić information content (AvgIpc) is 2.50. The Kier molecular flexibility index (Phi) is 4.68. The van der Waals surface area contributed by atoms with Crippen LogP contribution in [-0.2, 0) is 30.9 Å². The van der Waals surface area contributed by atoms with Gasteiger partial charge >= 0.3 is 0 Å². The van der Waals surface area contributed by atoms with Crippen molar-refractivity contribution in [1.82, 2.24) is 9.88 Å². The molecule has 110 valence electrons. The van der Waals surface area contributed by atoms with Crippen molar-refractivity contribution in [2.45, 2.75) is 26.1 Å². The van der Waals surface area contributed by atoms with Gasteiger partial charge in [0.2, 0.25) is 0 Å². The highest BCUT2D eigenvalue weighted by Crippen LogP contribution is 2.22. The summed E-state index contributed by atoms with van der Waals surface area (Å²) in [4.78, 5) is 6.75. The van der Waals surface area contributed by atoms with E-state index in [-0.39, 0.29) is 0 Å². The summed E-state index contributed by atoms with van der Waals surface area (Å²) in [6.45, 7) is 3.39. The second kappa shape index (κ2) is 6.69. The molecule has 0 spiro atoms. The van der Waals surface area contributed by atoms with Crippen molar-refractivity contribution >= 4 is 15.9 Å². The zero-order chi connectivity index (χ0) is 14.7. The van der Waals surface area contributed by atoms with Crippen molar-refractivity contribution in [3.05, 3.63) is 63.4 Å². The number of aromatic nitrogens is 1. The number of benzene rings is 1. The molecule has 0 unspecified atom stereocenters. The second-order valence-corrected chi connectivity index (χ2v) is 6.41. The van der Waals surface area contributed by atoms with Gasteiger partial charge in [-0.15, -0.1) is 0 Å². The van der Waals surface area contributed by atoms with Crippen molar-refractivity contribution in [1.29, 1.82) is 0 Å². The number of fused-ring (bicyclic) bond motifs is 1. The molecule has 1 aromatic heterocycles. The zero-order valence-corrected chi connectivity index (χ0v) is 13.8. The maximum atomic E-state index is 5.53. The van der Waals surface area contributed by atoms with E-state index in [1.54, 1.807) is 0 Å². The van der Waals surface area contributed by atoms with Gasteiger partial charge in [0.15, 0.2) is 0 Å². The van der Waals surface area contributed by atoms with E-state index in [9.17, 15) is 0 Å². The molecule has 0 bridgehead atoms.